The molecule has 8 nitrogen and oxygen atoms in total. The van der Waals surface area contributed by atoms with Gasteiger partial charge in [-0.15, -0.1) is 11.3 Å². The van der Waals surface area contributed by atoms with E-state index >= 15 is 0 Å². The number of ether oxygens (including phenoxy) is 1. The Hall–Kier alpha value is -3.04. The summed E-state index contributed by atoms with van der Waals surface area (Å²) in [5, 5.41) is 5.28. The molecule has 0 unspecified atom stereocenters. The lowest BCUT2D eigenvalue weighted by Gasteiger charge is -2.27. The van der Waals surface area contributed by atoms with Gasteiger partial charge in [0.2, 0.25) is 11.9 Å². The summed E-state index contributed by atoms with van der Waals surface area (Å²) >= 11 is 1.38. The van der Waals surface area contributed by atoms with E-state index in [1.165, 1.54) is 11.3 Å². The molecule has 4 rings (SSSR count). The fraction of sp³-hybridized carbons (Fsp3) is 0.333. The van der Waals surface area contributed by atoms with Crippen LogP contribution in [0.15, 0.2) is 40.5 Å². The number of benzene rings is 1. The number of rotatable bonds is 6. The molecule has 0 spiro atoms. The van der Waals surface area contributed by atoms with Crippen LogP contribution < -0.4 is 15.8 Å². The Morgan fingerprint density at radius 3 is 2.73 bits per heavy atom. The van der Waals surface area contributed by atoms with Crippen LogP contribution in [0.3, 0.4) is 0 Å². The maximum atomic E-state index is 12.5. The average molecular weight is 426 g/mol. The molecule has 0 bridgehead atoms. The summed E-state index contributed by atoms with van der Waals surface area (Å²) in [6, 6.07) is 9.80. The summed E-state index contributed by atoms with van der Waals surface area (Å²) in [5.41, 5.74) is 2.81. The maximum absolute atomic E-state index is 12.5. The minimum atomic E-state index is -0.197. The van der Waals surface area contributed by atoms with E-state index in [4.69, 9.17) is 4.74 Å². The number of H-pyrrole nitrogens is 1. The standard InChI is InChI=1S/C21H23N5O3S/c1-14-16(19(28)25-20(22-14)26-9-11-29-12-10-26)7-8-18(27)24-21-23-17(13-30-21)15-5-3-2-4-6-15/h2-6,13H,7-12H2,1H3,(H,22,25,28)(H,23,24,27). The second-order valence-corrected chi connectivity index (χ2v) is 7.86. The summed E-state index contributed by atoms with van der Waals surface area (Å²) in [4.78, 5) is 38.7. The van der Waals surface area contributed by atoms with Gasteiger partial charge in [-0.25, -0.2) is 9.97 Å². The van der Waals surface area contributed by atoms with Gasteiger partial charge in [-0.2, -0.15) is 0 Å². The number of aromatic amines is 1. The molecule has 1 amide bonds. The molecule has 1 aromatic carbocycles. The van der Waals surface area contributed by atoms with Gasteiger partial charge in [0.1, 0.15) is 0 Å². The van der Waals surface area contributed by atoms with Crippen LogP contribution in [-0.2, 0) is 16.0 Å². The lowest BCUT2D eigenvalue weighted by Crippen LogP contribution is -2.38. The Bertz CT molecular complexity index is 1070. The lowest BCUT2D eigenvalue weighted by molar-refractivity contribution is -0.116. The van der Waals surface area contributed by atoms with Crippen LogP contribution in [0.5, 0.6) is 0 Å². The molecule has 1 saturated heterocycles. The van der Waals surface area contributed by atoms with Crippen LogP contribution in [0.2, 0.25) is 0 Å². The number of amides is 1. The number of aryl methyl sites for hydroxylation is 1. The van der Waals surface area contributed by atoms with E-state index in [9.17, 15) is 9.59 Å². The molecule has 1 aliphatic heterocycles. The van der Waals surface area contributed by atoms with Crippen LogP contribution in [0.4, 0.5) is 11.1 Å². The van der Waals surface area contributed by atoms with Gasteiger partial charge in [0, 0.05) is 41.7 Å². The fourth-order valence-electron chi connectivity index (χ4n) is 3.31. The molecule has 0 saturated carbocycles. The highest BCUT2D eigenvalue weighted by atomic mass is 32.1. The van der Waals surface area contributed by atoms with E-state index in [0.717, 1.165) is 11.3 Å². The van der Waals surface area contributed by atoms with Gasteiger partial charge in [0.05, 0.1) is 18.9 Å². The highest BCUT2D eigenvalue weighted by molar-refractivity contribution is 7.14. The predicted octanol–water partition coefficient (Wildman–Crippen LogP) is 2.61. The van der Waals surface area contributed by atoms with Crippen molar-refractivity contribution < 1.29 is 9.53 Å². The van der Waals surface area contributed by atoms with Crippen molar-refractivity contribution in [1.29, 1.82) is 0 Å². The summed E-state index contributed by atoms with van der Waals surface area (Å²) in [6.45, 7) is 4.44. The van der Waals surface area contributed by atoms with Crippen LogP contribution in [0.1, 0.15) is 17.7 Å². The van der Waals surface area contributed by atoms with E-state index < -0.39 is 0 Å². The zero-order valence-corrected chi connectivity index (χ0v) is 17.5. The van der Waals surface area contributed by atoms with Crippen molar-refractivity contribution in [3.63, 3.8) is 0 Å². The molecule has 0 atom stereocenters. The molecule has 156 valence electrons. The number of hydrogen-bond donors (Lipinski definition) is 2. The SMILES string of the molecule is Cc1nc(N2CCOCC2)[nH]c(=O)c1CCC(=O)Nc1nc(-c2ccccc2)cs1. The fourth-order valence-corrected chi connectivity index (χ4v) is 4.04. The first kappa shape index (κ1) is 20.2. The van der Waals surface area contributed by atoms with E-state index in [1.807, 2.05) is 40.6 Å². The van der Waals surface area contributed by atoms with Crippen molar-refractivity contribution in [1.82, 2.24) is 15.0 Å². The number of nitrogens with zero attached hydrogens (tertiary/aromatic N) is 3. The van der Waals surface area contributed by atoms with Gasteiger partial charge in [0.15, 0.2) is 5.13 Å². The van der Waals surface area contributed by atoms with Crippen molar-refractivity contribution in [2.24, 2.45) is 0 Å². The minimum absolute atomic E-state index is 0.181. The molecule has 3 heterocycles. The molecular formula is C21H23N5O3S. The topological polar surface area (TPSA) is 100 Å². The molecule has 0 radical (unpaired) electrons. The number of hydrogen-bond acceptors (Lipinski definition) is 7. The first-order valence-corrected chi connectivity index (χ1v) is 10.7. The number of thiazole rings is 1. The smallest absolute Gasteiger partial charge is 0.255 e. The molecule has 30 heavy (non-hydrogen) atoms. The summed E-state index contributed by atoms with van der Waals surface area (Å²) in [6.07, 6.45) is 0.503. The lowest BCUT2D eigenvalue weighted by atomic mass is 10.1. The van der Waals surface area contributed by atoms with E-state index in [1.54, 1.807) is 6.92 Å². The summed E-state index contributed by atoms with van der Waals surface area (Å²) in [7, 11) is 0. The highest BCUT2D eigenvalue weighted by Gasteiger charge is 2.17. The Labute approximate surface area is 178 Å². The predicted molar refractivity (Wildman–Crippen MR) is 117 cm³/mol. The van der Waals surface area contributed by atoms with Gasteiger partial charge < -0.3 is 15.0 Å². The second-order valence-electron chi connectivity index (χ2n) is 7.01. The maximum Gasteiger partial charge on any atom is 0.255 e. The third kappa shape index (κ3) is 4.74. The average Bonchev–Trinajstić information content (AvgIpc) is 3.22. The molecule has 2 aromatic heterocycles. The minimum Gasteiger partial charge on any atom is -0.378 e. The number of aromatic nitrogens is 3. The molecule has 1 aliphatic rings. The Morgan fingerprint density at radius 2 is 2.00 bits per heavy atom. The summed E-state index contributed by atoms with van der Waals surface area (Å²) in [5.74, 6) is 0.380. The first-order valence-electron chi connectivity index (χ1n) is 9.83. The van der Waals surface area contributed by atoms with Crippen LogP contribution in [0.25, 0.3) is 11.3 Å². The molecule has 2 N–H and O–H groups in total. The molecule has 3 aromatic rings. The Kier molecular flexibility index (Phi) is 6.20. The van der Waals surface area contributed by atoms with Crippen LogP contribution in [0, 0.1) is 6.92 Å². The van der Waals surface area contributed by atoms with E-state index in [0.29, 0.717) is 55.1 Å². The highest BCUT2D eigenvalue weighted by Crippen LogP contribution is 2.24. The van der Waals surface area contributed by atoms with E-state index in [2.05, 4.69) is 20.3 Å². The van der Waals surface area contributed by atoms with Gasteiger partial charge in [-0.1, -0.05) is 30.3 Å². The van der Waals surface area contributed by atoms with Crippen molar-refractivity contribution in [2.45, 2.75) is 19.8 Å². The third-order valence-corrected chi connectivity index (χ3v) is 5.70. The molecular weight excluding hydrogens is 402 g/mol. The van der Waals surface area contributed by atoms with E-state index in [-0.39, 0.29) is 17.9 Å². The monoisotopic (exact) mass is 425 g/mol. The largest absolute Gasteiger partial charge is 0.378 e. The normalized spacial score (nSPS) is 14.0. The van der Waals surface area contributed by atoms with Gasteiger partial charge in [0.25, 0.3) is 5.56 Å². The van der Waals surface area contributed by atoms with Crippen molar-refractivity contribution in [3.8, 4) is 11.3 Å². The molecule has 0 aliphatic carbocycles. The van der Waals surface area contributed by atoms with Crippen LogP contribution >= 0.6 is 11.3 Å². The van der Waals surface area contributed by atoms with Crippen molar-refractivity contribution in [3.05, 3.63) is 57.3 Å². The number of carbonyl (C=O) groups excluding carboxylic acids is 1. The quantitative estimate of drug-likeness (QED) is 0.630. The third-order valence-electron chi connectivity index (χ3n) is 4.94. The van der Waals surface area contributed by atoms with Crippen LogP contribution in [-0.4, -0.2) is 47.2 Å². The van der Waals surface area contributed by atoms with Gasteiger partial charge >= 0.3 is 0 Å². The second kappa shape index (κ2) is 9.19. The molecule has 1 fully saturated rings. The van der Waals surface area contributed by atoms with Gasteiger partial charge in [-0.3, -0.25) is 14.6 Å². The van der Waals surface area contributed by atoms with Crippen molar-refractivity contribution >= 4 is 28.3 Å². The molecule has 9 heteroatoms. The number of carbonyl (C=O) groups is 1. The summed E-state index contributed by atoms with van der Waals surface area (Å²) < 4.78 is 5.34. The van der Waals surface area contributed by atoms with Gasteiger partial charge in [-0.05, 0) is 13.3 Å². The Morgan fingerprint density at radius 1 is 1.23 bits per heavy atom. The number of nitrogens with one attached hydrogen (secondary N) is 2. The zero-order chi connectivity index (χ0) is 20.9. The first-order chi connectivity index (χ1) is 14.6. The number of anilines is 2. The van der Waals surface area contributed by atoms with Crippen molar-refractivity contribution in [2.75, 3.05) is 36.5 Å². The Balaban J connectivity index is 1.37. The number of morpholine rings is 1. The zero-order valence-electron chi connectivity index (χ0n) is 16.7.